The number of hydrogen-bond donors (Lipinski definition) is 1. The van der Waals surface area contributed by atoms with Gasteiger partial charge in [-0.3, -0.25) is 5.10 Å². The van der Waals surface area contributed by atoms with E-state index in [1.54, 1.807) is 0 Å². The lowest BCUT2D eigenvalue weighted by Gasteiger charge is -1.97. The highest BCUT2D eigenvalue weighted by Crippen LogP contribution is 2.23. The minimum atomic E-state index is -3.52. The number of nitrogens with zero attached hydrogens (tertiary/aromatic N) is 3. The summed E-state index contributed by atoms with van der Waals surface area (Å²) < 4.78 is 24.1. The zero-order valence-electron chi connectivity index (χ0n) is 10.2. The van der Waals surface area contributed by atoms with Crippen LogP contribution in [0.25, 0.3) is 11.3 Å². The molecule has 1 aromatic carbocycles. The second-order valence-electron chi connectivity index (χ2n) is 4.04. The van der Waals surface area contributed by atoms with Crippen LogP contribution in [0.15, 0.2) is 47.2 Å². The van der Waals surface area contributed by atoms with Gasteiger partial charge in [0.15, 0.2) is 0 Å². The Labute approximate surface area is 119 Å². The summed E-state index contributed by atoms with van der Waals surface area (Å²) >= 11 is 1.32. The van der Waals surface area contributed by atoms with E-state index in [4.69, 9.17) is 0 Å². The van der Waals surface area contributed by atoms with Crippen LogP contribution in [0.1, 0.15) is 5.01 Å². The SMILES string of the molecule is O=S(=O)(Cc1nc(-c2ccccc2)cs1)c1ncn[nH]1. The van der Waals surface area contributed by atoms with Gasteiger partial charge in [0.2, 0.25) is 15.0 Å². The van der Waals surface area contributed by atoms with E-state index in [1.165, 1.54) is 17.7 Å². The van der Waals surface area contributed by atoms with Crippen LogP contribution >= 0.6 is 11.3 Å². The van der Waals surface area contributed by atoms with Gasteiger partial charge in [0.05, 0.1) is 5.69 Å². The molecule has 8 heteroatoms. The third-order valence-corrected chi connectivity index (χ3v) is 5.09. The lowest BCUT2D eigenvalue weighted by molar-refractivity contribution is 0.587. The van der Waals surface area contributed by atoms with Gasteiger partial charge in [-0.05, 0) is 0 Å². The Bertz CT molecular complexity index is 795. The van der Waals surface area contributed by atoms with Crippen molar-refractivity contribution in [1.29, 1.82) is 0 Å². The second-order valence-corrected chi connectivity index (χ2v) is 6.89. The van der Waals surface area contributed by atoms with Crippen molar-refractivity contribution in [3.8, 4) is 11.3 Å². The molecule has 6 nitrogen and oxygen atoms in total. The molecule has 102 valence electrons. The summed E-state index contributed by atoms with van der Waals surface area (Å²) in [5, 5.41) is 8.16. The zero-order valence-corrected chi connectivity index (χ0v) is 11.9. The molecule has 0 fully saturated rings. The first-order valence-corrected chi connectivity index (χ1v) is 8.26. The standard InChI is InChI=1S/C12H10N4O2S2/c17-20(18,12-13-8-14-16-12)7-11-15-10(6-19-11)9-4-2-1-3-5-9/h1-6,8H,7H2,(H,13,14,16). The molecule has 0 aliphatic rings. The fraction of sp³-hybridized carbons (Fsp3) is 0.0833. The van der Waals surface area contributed by atoms with E-state index in [1.807, 2.05) is 35.7 Å². The summed E-state index contributed by atoms with van der Waals surface area (Å²) in [5.41, 5.74) is 1.74. The van der Waals surface area contributed by atoms with Crippen LogP contribution in [0.4, 0.5) is 0 Å². The third kappa shape index (κ3) is 2.61. The van der Waals surface area contributed by atoms with Crippen molar-refractivity contribution in [2.45, 2.75) is 10.9 Å². The molecular weight excluding hydrogens is 296 g/mol. The van der Waals surface area contributed by atoms with E-state index in [0.717, 1.165) is 11.3 Å². The molecule has 0 unspecified atom stereocenters. The van der Waals surface area contributed by atoms with Gasteiger partial charge >= 0.3 is 0 Å². The van der Waals surface area contributed by atoms with E-state index in [2.05, 4.69) is 20.2 Å². The monoisotopic (exact) mass is 306 g/mol. The van der Waals surface area contributed by atoms with Gasteiger partial charge in [0.1, 0.15) is 17.1 Å². The molecule has 20 heavy (non-hydrogen) atoms. The van der Waals surface area contributed by atoms with Gasteiger partial charge in [-0.25, -0.2) is 18.4 Å². The number of H-pyrrole nitrogens is 1. The Morgan fingerprint density at radius 2 is 2.00 bits per heavy atom. The van der Waals surface area contributed by atoms with Gasteiger partial charge in [-0.2, -0.15) is 5.10 Å². The van der Waals surface area contributed by atoms with E-state index in [0.29, 0.717) is 5.01 Å². The quantitative estimate of drug-likeness (QED) is 0.795. The Kier molecular flexibility index (Phi) is 3.33. The van der Waals surface area contributed by atoms with Crippen molar-refractivity contribution >= 4 is 21.2 Å². The van der Waals surface area contributed by atoms with Crippen LogP contribution in [0, 0.1) is 0 Å². The first-order chi connectivity index (χ1) is 9.65. The van der Waals surface area contributed by atoms with Crippen molar-refractivity contribution in [2.24, 2.45) is 0 Å². The molecule has 3 aromatic rings. The Balaban J connectivity index is 1.85. The number of thiazole rings is 1. The predicted molar refractivity (Wildman–Crippen MR) is 74.8 cm³/mol. The molecule has 3 rings (SSSR count). The molecule has 0 saturated carbocycles. The van der Waals surface area contributed by atoms with Gasteiger partial charge in [0, 0.05) is 10.9 Å². The summed E-state index contributed by atoms with van der Waals surface area (Å²) in [5.74, 6) is -0.181. The van der Waals surface area contributed by atoms with Crippen LogP contribution in [0.2, 0.25) is 0 Å². The van der Waals surface area contributed by atoms with Crippen molar-refractivity contribution < 1.29 is 8.42 Å². The number of nitrogens with one attached hydrogen (secondary N) is 1. The molecule has 1 N–H and O–H groups in total. The van der Waals surface area contributed by atoms with Crippen molar-refractivity contribution in [3.05, 3.63) is 47.0 Å². The molecule has 0 amide bonds. The highest BCUT2D eigenvalue weighted by atomic mass is 32.2. The third-order valence-electron chi connectivity index (χ3n) is 2.62. The number of benzene rings is 1. The van der Waals surface area contributed by atoms with E-state index in [-0.39, 0.29) is 10.9 Å². The van der Waals surface area contributed by atoms with Gasteiger partial charge in [-0.1, -0.05) is 30.3 Å². The smallest absolute Gasteiger partial charge is 0.243 e. The molecular formula is C12H10N4O2S2. The van der Waals surface area contributed by atoms with E-state index < -0.39 is 9.84 Å². The number of rotatable bonds is 4. The highest BCUT2D eigenvalue weighted by Gasteiger charge is 2.20. The maximum atomic E-state index is 12.0. The minimum absolute atomic E-state index is 0.131. The fourth-order valence-corrected chi connectivity index (χ4v) is 3.94. The predicted octanol–water partition coefficient (Wildman–Crippen LogP) is 1.90. The lowest BCUT2D eigenvalue weighted by Crippen LogP contribution is -2.06. The van der Waals surface area contributed by atoms with Crippen LogP contribution in [-0.4, -0.2) is 28.6 Å². The first kappa shape index (κ1) is 12.9. The maximum Gasteiger partial charge on any atom is 0.243 e. The van der Waals surface area contributed by atoms with Crippen LogP contribution in [0.5, 0.6) is 0 Å². The average molecular weight is 306 g/mol. The molecule has 0 saturated heterocycles. The zero-order chi connectivity index (χ0) is 14.0. The van der Waals surface area contributed by atoms with Crippen LogP contribution < -0.4 is 0 Å². The van der Waals surface area contributed by atoms with Crippen molar-refractivity contribution in [3.63, 3.8) is 0 Å². The van der Waals surface area contributed by atoms with E-state index >= 15 is 0 Å². The molecule has 2 heterocycles. The average Bonchev–Trinajstić information content (AvgIpc) is 3.10. The summed E-state index contributed by atoms with van der Waals surface area (Å²) in [7, 11) is -3.52. The molecule has 2 aromatic heterocycles. The topological polar surface area (TPSA) is 88.6 Å². The number of hydrogen-bond acceptors (Lipinski definition) is 6. The molecule has 0 aliphatic heterocycles. The Morgan fingerprint density at radius 1 is 1.20 bits per heavy atom. The lowest BCUT2D eigenvalue weighted by atomic mass is 10.2. The largest absolute Gasteiger partial charge is 0.250 e. The first-order valence-electron chi connectivity index (χ1n) is 5.73. The summed E-state index contributed by atoms with van der Waals surface area (Å²) in [4.78, 5) is 8.02. The normalized spacial score (nSPS) is 11.6. The summed E-state index contributed by atoms with van der Waals surface area (Å²) in [6, 6.07) is 9.62. The Morgan fingerprint density at radius 3 is 2.70 bits per heavy atom. The number of aromatic nitrogens is 4. The van der Waals surface area contributed by atoms with Crippen LogP contribution in [0.3, 0.4) is 0 Å². The second kappa shape index (κ2) is 5.14. The molecule has 0 atom stereocenters. The van der Waals surface area contributed by atoms with Gasteiger partial charge in [0.25, 0.3) is 0 Å². The molecule has 0 radical (unpaired) electrons. The molecule has 0 spiro atoms. The highest BCUT2D eigenvalue weighted by molar-refractivity contribution is 7.90. The fourth-order valence-electron chi connectivity index (χ4n) is 1.69. The Hall–Kier alpha value is -2.06. The number of sulfone groups is 1. The summed E-state index contributed by atoms with van der Waals surface area (Å²) in [6.07, 6.45) is 1.17. The van der Waals surface area contributed by atoms with Gasteiger partial charge in [-0.15, -0.1) is 11.3 Å². The molecule has 0 aliphatic carbocycles. The van der Waals surface area contributed by atoms with Crippen molar-refractivity contribution in [2.75, 3.05) is 0 Å². The number of aromatic amines is 1. The minimum Gasteiger partial charge on any atom is -0.250 e. The van der Waals surface area contributed by atoms with Crippen LogP contribution in [-0.2, 0) is 15.6 Å². The molecule has 0 bridgehead atoms. The summed E-state index contributed by atoms with van der Waals surface area (Å²) in [6.45, 7) is 0. The van der Waals surface area contributed by atoms with Crippen molar-refractivity contribution in [1.82, 2.24) is 20.2 Å². The maximum absolute atomic E-state index is 12.0. The van der Waals surface area contributed by atoms with E-state index in [9.17, 15) is 8.42 Å². The van der Waals surface area contributed by atoms with Gasteiger partial charge < -0.3 is 0 Å².